The van der Waals surface area contributed by atoms with E-state index in [4.69, 9.17) is 10.8 Å². The third-order valence-electron chi connectivity index (χ3n) is 4.27. The minimum Gasteiger partial charge on any atom is -0.397 e. The van der Waals surface area contributed by atoms with Crippen LogP contribution in [-0.4, -0.2) is 21.3 Å². The van der Waals surface area contributed by atoms with E-state index in [9.17, 15) is 23.2 Å². The number of nitrogens with zero attached hydrogens (tertiary/aromatic N) is 3. The van der Waals surface area contributed by atoms with E-state index in [1.54, 1.807) is 24.3 Å². The summed E-state index contributed by atoms with van der Waals surface area (Å²) in [5.74, 6) is 0. The van der Waals surface area contributed by atoms with E-state index >= 15 is 0 Å². The van der Waals surface area contributed by atoms with E-state index in [-0.39, 0.29) is 53.0 Å². The molecule has 0 aliphatic heterocycles. The Kier molecular flexibility index (Phi) is 5.07. The summed E-state index contributed by atoms with van der Waals surface area (Å²) in [7, 11) is 0. The van der Waals surface area contributed by atoms with Gasteiger partial charge in [0.1, 0.15) is 23.0 Å². The van der Waals surface area contributed by atoms with Gasteiger partial charge in [-0.2, -0.15) is 18.4 Å². The molecule has 0 aliphatic carbocycles. The van der Waals surface area contributed by atoms with Crippen LogP contribution >= 0.6 is 0 Å². The highest BCUT2D eigenvalue weighted by Gasteiger charge is 2.34. The van der Waals surface area contributed by atoms with Crippen LogP contribution in [0, 0.1) is 11.3 Å². The van der Waals surface area contributed by atoms with Crippen molar-refractivity contribution in [2.24, 2.45) is 0 Å². The number of nitrogen functional groups attached to an aromatic ring is 1. The van der Waals surface area contributed by atoms with Crippen molar-refractivity contribution in [3.63, 3.8) is 0 Å². The number of aliphatic hydroxyl groups is 1. The maximum absolute atomic E-state index is 13.4. The zero-order valence-corrected chi connectivity index (χ0v) is 14.5. The average molecular weight is 388 g/mol. The summed E-state index contributed by atoms with van der Waals surface area (Å²) in [6, 6.07) is 10.5. The molecule has 3 rings (SSSR count). The lowest BCUT2D eigenvalue weighted by Gasteiger charge is -2.17. The van der Waals surface area contributed by atoms with Crippen molar-refractivity contribution in [3.8, 4) is 11.8 Å². The number of rotatable bonds is 4. The molecule has 1 aromatic carbocycles. The molecule has 0 saturated carbocycles. The lowest BCUT2D eigenvalue weighted by atomic mass is 10.0. The van der Waals surface area contributed by atoms with Crippen molar-refractivity contribution < 1.29 is 18.3 Å². The molecule has 9 heteroatoms. The van der Waals surface area contributed by atoms with Crippen LogP contribution in [0.2, 0.25) is 0 Å². The van der Waals surface area contributed by atoms with Gasteiger partial charge >= 0.3 is 6.18 Å². The minimum atomic E-state index is -4.75. The van der Waals surface area contributed by atoms with Crippen LogP contribution in [0.25, 0.3) is 16.7 Å². The number of pyridine rings is 2. The SMILES string of the molecule is N#Cc1c(N)c2c(CCCO)cc(C(F)(F)F)nc2n(-c2ccccc2)c1=O. The molecule has 0 saturated heterocycles. The minimum absolute atomic E-state index is 0.0701. The largest absolute Gasteiger partial charge is 0.433 e. The molecule has 144 valence electrons. The zero-order chi connectivity index (χ0) is 20.5. The van der Waals surface area contributed by atoms with Gasteiger partial charge in [-0.15, -0.1) is 0 Å². The smallest absolute Gasteiger partial charge is 0.397 e. The molecule has 3 N–H and O–H groups in total. The van der Waals surface area contributed by atoms with Gasteiger partial charge in [0.2, 0.25) is 0 Å². The molecule has 0 spiro atoms. The Morgan fingerprint density at radius 3 is 2.50 bits per heavy atom. The van der Waals surface area contributed by atoms with Gasteiger partial charge in [-0.25, -0.2) is 4.98 Å². The number of anilines is 1. The maximum atomic E-state index is 13.4. The number of nitrogens with two attached hydrogens (primary N) is 1. The van der Waals surface area contributed by atoms with Gasteiger partial charge in [-0.1, -0.05) is 18.2 Å². The van der Waals surface area contributed by atoms with Crippen LogP contribution in [-0.2, 0) is 12.6 Å². The number of fused-ring (bicyclic) bond motifs is 1. The first-order valence-corrected chi connectivity index (χ1v) is 8.31. The molecule has 2 heterocycles. The third kappa shape index (κ3) is 3.30. The van der Waals surface area contributed by atoms with Crippen molar-refractivity contribution in [2.45, 2.75) is 19.0 Å². The molecule has 0 radical (unpaired) electrons. The van der Waals surface area contributed by atoms with Gasteiger partial charge in [0.15, 0.2) is 0 Å². The molecule has 0 atom stereocenters. The molecule has 0 unspecified atom stereocenters. The molecule has 6 nitrogen and oxygen atoms in total. The Morgan fingerprint density at radius 2 is 1.93 bits per heavy atom. The lowest BCUT2D eigenvalue weighted by molar-refractivity contribution is -0.141. The molecule has 0 amide bonds. The van der Waals surface area contributed by atoms with Gasteiger partial charge < -0.3 is 10.8 Å². The van der Waals surface area contributed by atoms with E-state index in [1.165, 1.54) is 12.1 Å². The summed E-state index contributed by atoms with van der Waals surface area (Å²) in [5, 5.41) is 18.6. The fraction of sp³-hybridized carbons (Fsp3) is 0.211. The molecule has 0 bridgehead atoms. The van der Waals surface area contributed by atoms with E-state index in [1.807, 2.05) is 0 Å². The van der Waals surface area contributed by atoms with Gasteiger partial charge in [-0.3, -0.25) is 9.36 Å². The first kappa shape index (κ1) is 19.4. The van der Waals surface area contributed by atoms with Gasteiger partial charge in [0.05, 0.1) is 11.4 Å². The number of benzene rings is 1. The molecular weight excluding hydrogens is 373 g/mol. The van der Waals surface area contributed by atoms with E-state index in [2.05, 4.69) is 4.98 Å². The standard InChI is InChI=1S/C19H15F3N4O2/c20-19(21,22)14-9-11(5-4-8-27)15-16(24)13(10-23)18(28)26(17(15)25-14)12-6-2-1-3-7-12/h1-3,6-7,9,27H,4-5,8,24H2. The molecular formula is C19H15F3N4O2. The van der Waals surface area contributed by atoms with Crippen LogP contribution in [0.4, 0.5) is 18.9 Å². The summed E-state index contributed by atoms with van der Waals surface area (Å²) >= 11 is 0. The Morgan fingerprint density at radius 1 is 1.25 bits per heavy atom. The van der Waals surface area contributed by atoms with Gasteiger partial charge in [-0.05, 0) is 36.6 Å². The predicted molar refractivity (Wildman–Crippen MR) is 96.9 cm³/mol. The van der Waals surface area contributed by atoms with Crippen LogP contribution in [0.5, 0.6) is 0 Å². The second-order valence-electron chi connectivity index (χ2n) is 6.07. The molecule has 28 heavy (non-hydrogen) atoms. The van der Waals surface area contributed by atoms with Gasteiger partial charge in [0, 0.05) is 12.0 Å². The summed E-state index contributed by atoms with van der Waals surface area (Å²) in [5.41, 5.74) is 3.50. The van der Waals surface area contributed by atoms with Crippen molar-refractivity contribution in [1.82, 2.24) is 9.55 Å². The van der Waals surface area contributed by atoms with Crippen molar-refractivity contribution in [3.05, 3.63) is 63.6 Å². The van der Waals surface area contributed by atoms with E-state index in [0.29, 0.717) is 0 Å². The zero-order valence-electron chi connectivity index (χ0n) is 14.5. The van der Waals surface area contributed by atoms with E-state index in [0.717, 1.165) is 10.6 Å². The lowest BCUT2D eigenvalue weighted by Crippen LogP contribution is -2.25. The second-order valence-corrected chi connectivity index (χ2v) is 6.07. The van der Waals surface area contributed by atoms with Crippen molar-refractivity contribution in [2.75, 3.05) is 12.3 Å². The fourth-order valence-corrected chi connectivity index (χ4v) is 3.02. The number of nitriles is 1. The quantitative estimate of drug-likeness (QED) is 0.715. The predicted octanol–water partition coefficient (Wildman–Crippen LogP) is 2.78. The molecule has 0 fully saturated rings. The number of halogens is 3. The number of aliphatic hydroxyl groups excluding tert-OH is 1. The average Bonchev–Trinajstić information content (AvgIpc) is 2.66. The molecule has 2 aromatic heterocycles. The third-order valence-corrected chi connectivity index (χ3v) is 4.27. The number of aromatic nitrogens is 2. The van der Waals surface area contributed by atoms with Gasteiger partial charge in [0.25, 0.3) is 5.56 Å². The molecule has 0 aliphatic rings. The monoisotopic (exact) mass is 388 g/mol. The summed E-state index contributed by atoms with van der Waals surface area (Å²) < 4.78 is 41.2. The number of hydrogen-bond donors (Lipinski definition) is 2. The van der Waals surface area contributed by atoms with Crippen molar-refractivity contribution in [1.29, 1.82) is 5.26 Å². The number of para-hydroxylation sites is 1. The summed E-state index contributed by atoms with van der Waals surface area (Å²) in [4.78, 5) is 16.5. The Hall–Kier alpha value is -3.38. The van der Waals surface area contributed by atoms with Crippen LogP contribution in [0.15, 0.2) is 41.2 Å². The highest BCUT2D eigenvalue weighted by Crippen LogP contribution is 2.34. The first-order valence-electron chi connectivity index (χ1n) is 8.31. The van der Waals surface area contributed by atoms with Crippen LogP contribution < -0.4 is 11.3 Å². The number of aryl methyl sites for hydroxylation is 1. The highest BCUT2D eigenvalue weighted by molar-refractivity contribution is 5.94. The van der Waals surface area contributed by atoms with E-state index < -0.39 is 17.4 Å². The Labute approximate surface area is 157 Å². The topological polar surface area (TPSA) is 105 Å². The maximum Gasteiger partial charge on any atom is 0.433 e. The highest BCUT2D eigenvalue weighted by atomic mass is 19.4. The second kappa shape index (κ2) is 7.32. The van der Waals surface area contributed by atoms with Crippen molar-refractivity contribution >= 4 is 16.7 Å². The van der Waals surface area contributed by atoms with Crippen LogP contribution in [0.3, 0.4) is 0 Å². The Balaban J connectivity index is 2.54. The number of alkyl halides is 3. The van der Waals surface area contributed by atoms with Crippen LogP contribution in [0.1, 0.15) is 23.2 Å². The normalized spacial score (nSPS) is 11.5. The molecule has 3 aromatic rings. The Bertz CT molecular complexity index is 1130. The summed E-state index contributed by atoms with van der Waals surface area (Å²) in [6.07, 6.45) is -4.49. The number of hydrogen-bond acceptors (Lipinski definition) is 5. The fourth-order valence-electron chi connectivity index (χ4n) is 3.02. The first-order chi connectivity index (χ1) is 13.3. The summed E-state index contributed by atoms with van der Waals surface area (Å²) in [6.45, 7) is -0.242.